The van der Waals surface area contributed by atoms with Crippen LogP contribution in [0.2, 0.25) is 0 Å². The van der Waals surface area contributed by atoms with Gasteiger partial charge in [0.1, 0.15) is 23.4 Å². The van der Waals surface area contributed by atoms with Crippen LogP contribution in [0, 0.1) is 5.82 Å². The Labute approximate surface area is 207 Å². The molecule has 0 unspecified atom stereocenters. The zero-order valence-electron chi connectivity index (χ0n) is 19.9. The van der Waals surface area contributed by atoms with E-state index in [1.54, 1.807) is 30.3 Å². The lowest BCUT2D eigenvalue weighted by Crippen LogP contribution is -2.46. The van der Waals surface area contributed by atoms with Crippen LogP contribution in [0.5, 0.6) is 23.0 Å². The number of hydrogen-bond acceptors (Lipinski definition) is 7. The van der Waals surface area contributed by atoms with Gasteiger partial charge >= 0.3 is 0 Å². The Morgan fingerprint density at radius 3 is 2.42 bits per heavy atom. The average molecular weight is 491 g/mol. The number of benzene rings is 3. The third kappa shape index (κ3) is 4.72. The zero-order valence-corrected chi connectivity index (χ0v) is 19.9. The molecule has 0 saturated carbocycles. The maximum absolute atomic E-state index is 14.2. The first-order valence-electron chi connectivity index (χ1n) is 11.9. The third-order valence-electron chi connectivity index (χ3n) is 6.30. The number of phenolic OH excluding ortho intramolecular Hbond substituents is 1. The summed E-state index contributed by atoms with van der Waals surface area (Å²) in [5, 5.41) is 10.9. The average Bonchev–Trinajstić information content (AvgIpc) is 2.89. The second-order valence-corrected chi connectivity index (χ2v) is 8.57. The van der Waals surface area contributed by atoms with Crippen molar-refractivity contribution in [1.82, 2.24) is 4.90 Å². The molecule has 0 amide bonds. The van der Waals surface area contributed by atoms with Crippen molar-refractivity contribution in [2.24, 2.45) is 0 Å². The number of para-hydroxylation sites is 3. The van der Waals surface area contributed by atoms with Gasteiger partial charge in [-0.2, -0.15) is 0 Å². The molecule has 0 atom stereocenters. The van der Waals surface area contributed by atoms with Crippen LogP contribution < -0.4 is 19.8 Å². The van der Waals surface area contributed by atoms with E-state index in [2.05, 4.69) is 4.90 Å². The molecule has 186 valence electrons. The molecule has 1 aliphatic heterocycles. The molecule has 36 heavy (non-hydrogen) atoms. The lowest BCUT2D eigenvalue weighted by Gasteiger charge is -2.36. The van der Waals surface area contributed by atoms with E-state index in [1.807, 2.05) is 24.0 Å². The highest BCUT2D eigenvalue weighted by Gasteiger charge is 2.23. The number of phenols is 1. The molecule has 1 aliphatic rings. The number of nitrogens with zero attached hydrogens (tertiary/aromatic N) is 2. The summed E-state index contributed by atoms with van der Waals surface area (Å²) in [5.41, 5.74) is 1.11. The van der Waals surface area contributed by atoms with Gasteiger partial charge in [0.2, 0.25) is 11.2 Å². The summed E-state index contributed by atoms with van der Waals surface area (Å²) < 4.78 is 31.4. The van der Waals surface area contributed by atoms with E-state index in [0.717, 1.165) is 0 Å². The maximum Gasteiger partial charge on any atom is 0.235 e. The molecule has 1 N–H and O–H groups in total. The van der Waals surface area contributed by atoms with E-state index in [1.165, 1.54) is 24.5 Å². The summed E-state index contributed by atoms with van der Waals surface area (Å²) in [6, 6.07) is 16.9. The molecule has 1 fully saturated rings. The predicted octanol–water partition coefficient (Wildman–Crippen LogP) is 5.15. The van der Waals surface area contributed by atoms with Crippen LogP contribution in [0.25, 0.3) is 11.0 Å². The fourth-order valence-electron chi connectivity index (χ4n) is 4.46. The lowest BCUT2D eigenvalue weighted by atomic mass is 10.1. The summed E-state index contributed by atoms with van der Waals surface area (Å²) in [7, 11) is 0. The highest BCUT2D eigenvalue weighted by atomic mass is 19.1. The van der Waals surface area contributed by atoms with Gasteiger partial charge in [-0.3, -0.25) is 9.69 Å². The molecular formula is C28H27FN2O5. The molecule has 1 aromatic heterocycles. The summed E-state index contributed by atoms with van der Waals surface area (Å²) in [6.07, 6.45) is 1.27. The lowest BCUT2D eigenvalue weighted by molar-refractivity contribution is 0.246. The normalized spacial score (nSPS) is 14.2. The Morgan fingerprint density at radius 2 is 1.67 bits per heavy atom. The van der Waals surface area contributed by atoms with Gasteiger partial charge in [-0.15, -0.1) is 0 Å². The highest BCUT2D eigenvalue weighted by Crippen LogP contribution is 2.33. The van der Waals surface area contributed by atoms with E-state index in [-0.39, 0.29) is 22.7 Å². The first kappa shape index (κ1) is 23.7. The molecule has 7 nitrogen and oxygen atoms in total. The molecule has 5 rings (SSSR count). The van der Waals surface area contributed by atoms with E-state index in [4.69, 9.17) is 13.9 Å². The Balaban J connectivity index is 1.37. The van der Waals surface area contributed by atoms with Gasteiger partial charge in [-0.05, 0) is 43.3 Å². The van der Waals surface area contributed by atoms with Gasteiger partial charge in [0.25, 0.3) is 0 Å². The summed E-state index contributed by atoms with van der Waals surface area (Å²) >= 11 is 0. The van der Waals surface area contributed by atoms with Gasteiger partial charge in [0.05, 0.1) is 23.2 Å². The van der Waals surface area contributed by atoms with Crippen LogP contribution in [0.4, 0.5) is 10.1 Å². The summed E-state index contributed by atoms with van der Waals surface area (Å²) in [4.78, 5) is 17.4. The van der Waals surface area contributed by atoms with E-state index in [9.17, 15) is 14.3 Å². The number of aromatic hydroxyl groups is 1. The molecular weight excluding hydrogens is 463 g/mol. The van der Waals surface area contributed by atoms with E-state index >= 15 is 0 Å². The van der Waals surface area contributed by atoms with Crippen molar-refractivity contribution in [3.8, 4) is 23.0 Å². The van der Waals surface area contributed by atoms with Crippen molar-refractivity contribution in [2.75, 3.05) is 37.7 Å². The topological polar surface area (TPSA) is 75.4 Å². The van der Waals surface area contributed by atoms with E-state index < -0.39 is 0 Å². The molecule has 0 aliphatic carbocycles. The number of anilines is 1. The first-order valence-corrected chi connectivity index (χ1v) is 11.9. The predicted molar refractivity (Wildman–Crippen MR) is 136 cm³/mol. The second-order valence-electron chi connectivity index (χ2n) is 8.57. The second kappa shape index (κ2) is 10.3. The van der Waals surface area contributed by atoms with Gasteiger partial charge in [-0.25, -0.2) is 4.39 Å². The number of halogens is 1. The van der Waals surface area contributed by atoms with Crippen LogP contribution in [0.3, 0.4) is 0 Å². The van der Waals surface area contributed by atoms with Crippen molar-refractivity contribution in [1.29, 1.82) is 0 Å². The molecule has 0 radical (unpaired) electrons. The fourth-order valence-corrected chi connectivity index (χ4v) is 4.46. The van der Waals surface area contributed by atoms with Crippen LogP contribution in [0.1, 0.15) is 12.5 Å². The standard InChI is InChI=1S/C28H27FN2O5/c1-2-34-24-9-5-6-10-25(24)36-26-18-35-28-19(27(26)33)11-12-23(32)20(28)17-30-13-15-31(16-14-30)22-8-4-3-7-21(22)29/h3-12,18,32H,2,13-17H2,1H3. The molecule has 0 spiro atoms. The van der Waals surface area contributed by atoms with Crippen molar-refractivity contribution >= 4 is 16.7 Å². The van der Waals surface area contributed by atoms with Crippen molar-refractivity contribution < 1.29 is 23.4 Å². The number of ether oxygens (including phenoxy) is 2. The summed E-state index contributed by atoms with van der Waals surface area (Å²) in [5.74, 6) is 0.793. The zero-order chi connectivity index (χ0) is 25.1. The molecule has 1 saturated heterocycles. The Kier molecular flexibility index (Phi) is 6.77. The van der Waals surface area contributed by atoms with Crippen molar-refractivity contribution in [2.45, 2.75) is 13.5 Å². The van der Waals surface area contributed by atoms with Crippen molar-refractivity contribution in [3.63, 3.8) is 0 Å². The van der Waals surface area contributed by atoms with Crippen molar-refractivity contribution in [3.05, 3.63) is 88.5 Å². The number of piperazine rings is 1. The molecule has 8 heteroatoms. The van der Waals surface area contributed by atoms with Gasteiger partial charge in [-0.1, -0.05) is 24.3 Å². The van der Waals surface area contributed by atoms with Crippen LogP contribution in [-0.4, -0.2) is 42.8 Å². The third-order valence-corrected chi connectivity index (χ3v) is 6.30. The molecule has 0 bridgehead atoms. The molecule has 3 aromatic carbocycles. The van der Waals surface area contributed by atoms with E-state index in [0.29, 0.717) is 73.0 Å². The highest BCUT2D eigenvalue weighted by molar-refractivity contribution is 5.83. The van der Waals surface area contributed by atoms with Gasteiger partial charge < -0.3 is 23.9 Å². The molecule has 2 heterocycles. The number of rotatable bonds is 7. The number of hydrogen-bond donors (Lipinski definition) is 1. The minimum atomic E-state index is -0.340. The minimum absolute atomic E-state index is 0.0322. The number of fused-ring (bicyclic) bond motifs is 1. The smallest absolute Gasteiger partial charge is 0.235 e. The fraction of sp³-hybridized carbons (Fsp3) is 0.250. The van der Waals surface area contributed by atoms with Crippen LogP contribution in [-0.2, 0) is 6.54 Å². The SMILES string of the molecule is CCOc1ccccc1Oc1coc2c(CN3CCN(c4ccccc4F)CC3)c(O)ccc2c1=O. The Morgan fingerprint density at radius 1 is 0.944 bits per heavy atom. The quantitative estimate of drug-likeness (QED) is 0.384. The first-order chi connectivity index (χ1) is 17.5. The van der Waals surface area contributed by atoms with Crippen LogP contribution >= 0.6 is 0 Å². The minimum Gasteiger partial charge on any atom is -0.507 e. The molecule has 4 aromatic rings. The van der Waals surface area contributed by atoms with Gasteiger partial charge in [0, 0.05) is 32.7 Å². The monoisotopic (exact) mass is 490 g/mol. The summed E-state index contributed by atoms with van der Waals surface area (Å²) in [6.45, 7) is 5.36. The maximum atomic E-state index is 14.2. The Hall–Kier alpha value is -4.04. The Bertz CT molecular complexity index is 1430. The van der Waals surface area contributed by atoms with Gasteiger partial charge in [0.15, 0.2) is 11.5 Å². The largest absolute Gasteiger partial charge is 0.507 e. The van der Waals surface area contributed by atoms with Crippen LogP contribution in [0.15, 0.2) is 76.1 Å².